The molecule has 3 aromatic heterocycles. The Morgan fingerprint density at radius 2 is 1.73 bits per heavy atom. The quantitative estimate of drug-likeness (QED) is 0.565. The fourth-order valence-electron chi connectivity index (χ4n) is 2.94. The van der Waals surface area contributed by atoms with Crippen LogP contribution in [0.3, 0.4) is 0 Å². The van der Waals surface area contributed by atoms with Gasteiger partial charge in [-0.15, -0.1) is 10.2 Å². The summed E-state index contributed by atoms with van der Waals surface area (Å²) in [5.74, 6) is 0.661. The second kappa shape index (κ2) is 5.94. The minimum absolute atomic E-state index is 0.661. The van der Waals surface area contributed by atoms with Gasteiger partial charge in [0.25, 0.3) is 0 Å². The van der Waals surface area contributed by atoms with Crippen molar-refractivity contribution in [2.75, 3.05) is 19.0 Å². The normalized spacial score (nSPS) is 12.3. The van der Waals surface area contributed by atoms with Gasteiger partial charge in [-0.3, -0.25) is 4.68 Å². The van der Waals surface area contributed by atoms with Crippen molar-refractivity contribution in [2.45, 2.75) is 13.8 Å². The van der Waals surface area contributed by atoms with Crippen molar-refractivity contribution in [1.82, 2.24) is 29.6 Å². The topological polar surface area (TPSA) is 64.1 Å². The molecule has 26 heavy (non-hydrogen) atoms. The van der Waals surface area contributed by atoms with Crippen LogP contribution in [0.1, 0.15) is 17.0 Å². The van der Waals surface area contributed by atoms with Crippen LogP contribution in [0.4, 0.5) is 5.69 Å². The molecule has 0 aliphatic heterocycles. The van der Waals surface area contributed by atoms with Crippen LogP contribution in [0.5, 0.6) is 0 Å². The van der Waals surface area contributed by atoms with Crippen LogP contribution in [0.25, 0.3) is 23.2 Å². The number of nitrogens with zero attached hydrogens (tertiary/aromatic N) is 7. The van der Waals surface area contributed by atoms with Crippen molar-refractivity contribution in [3.63, 3.8) is 0 Å². The molecule has 0 aliphatic carbocycles. The first-order valence-electron chi connectivity index (χ1n) is 8.46. The molecular weight excluding hydrogens is 326 g/mol. The highest BCUT2D eigenvalue weighted by Gasteiger charge is 2.16. The van der Waals surface area contributed by atoms with E-state index in [1.165, 1.54) is 5.69 Å². The van der Waals surface area contributed by atoms with Crippen LogP contribution in [-0.4, -0.2) is 43.7 Å². The molecule has 0 spiro atoms. The second-order valence-electron chi connectivity index (χ2n) is 6.68. The third-order valence-corrected chi connectivity index (χ3v) is 4.58. The highest BCUT2D eigenvalue weighted by atomic mass is 15.4. The third kappa shape index (κ3) is 2.61. The van der Waals surface area contributed by atoms with Crippen molar-refractivity contribution in [2.24, 2.45) is 7.05 Å². The smallest absolute Gasteiger partial charge is 0.205 e. The largest absolute Gasteiger partial charge is 0.378 e. The SMILES string of the molecule is Cc1nn2c(-c3cc(C)n(C)n3)nnc2/c1=C/c1ccc(N(C)C)cc1. The molecule has 0 saturated carbocycles. The average Bonchev–Trinajstić information content (AvgIpc) is 3.24. The zero-order valence-electron chi connectivity index (χ0n) is 15.6. The Balaban J connectivity index is 1.82. The molecular formula is C19H21N7. The molecule has 0 atom stereocenters. The van der Waals surface area contributed by atoms with Gasteiger partial charge in [-0.1, -0.05) is 12.1 Å². The molecule has 0 aliphatic rings. The van der Waals surface area contributed by atoms with Gasteiger partial charge < -0.3 is 4.90 Å². The Morgan fingerprint density at radius 1 is 1.00 bits per heavy atom. The van der Waals surface area contributed by atoms with E-state index in [-0.39, 0.29) is 0 Å². The first-order chi connectivity index (χ1) is 12.4. The molecule has 7 heteroatoms. The van der Waals surface area contributed by atoms with Gasteiger partial charge in [-0.05, 0) is 43.7 Å². The minimum Gasteiger partial charge on any atom is -0.378 e. The van der Waals surface area contributed by atoms with Gasteiger partial charge in [0, 0.05) is 37.7 Å². The number of rotatable bonds is 3. The van der Waals surface area contributed by atoms with Gasteiger partial charge in [0.2, 0.25) is 5.82 Å². The molecule has 7 nitrogen and oxygen atoms in total. The van der Waals surface area contributed by atoms with E-state index in [1.54, 1.807) is 4.52 Å². The monoisotopic (exact) mass is 347 g/mol. The summed E-state index contributed by atoms with van der Waals surface area (Å²) < 4.78 is 3.60. The van der Waals surface area contributed by atoms with Gasteiger partial charge in [-0.2, -0.15) is 14.7 Å². The summed E-state index contributed by atoms with van der Waals surface area (Å²) in [5.41, 5.74) is 5.77. The average molecular weight is 347 g/mol. The lowest BCUT2D eigenvalue weighted by atomic mass is 10.1. The van der Waals surface area contributed by atoms with E-state index in [2.05, 4.69) is 55.6 Å². The summed E-state index contributed by atoms with van der Waals surface area (Å²) in [5, 5.41) is 18.8. The molecule has 0 saturated heterocycles. The molecule has 3 heterocycles. The lowest BCUT2D eigenvalue weighted by molar-refractivity contribution is 0.739. The number of aromatic nitrogens is 6. The molecule has 0 fully saturated rings. The van der Waals surface area contributed by atoms with Crippen molar-refractivity contribution >= 4 is 17.4 Å². The summed E-state index contributed by atoms with van der Waals surface area (Å²) in [6.45, 7) is 4.00. The maximum Gasteiger partial charge on any atom is 0.205 e. The maximum absolute atomic E-state index is 4.63. The number of aryl methyl sites for hydroxylation is 3. The fourth-order valence-corrected chi connectivity index (χ4v) is 2.94. The number of fused-ring (bicyclic) bond motifs is 1. The molecule has 0 unspecified atom stereocenters. The zero-order valence-corrected chi connectivity index (χ0v) is 15.6. The Bertz CT molecular complexity index is 1110. The van der Waals surface area contributed by atoms with Gasteiger partial charge >= 0.3 is 0 Å². The highest BCUT2D eigenvalue weighted by molar-refractivity contribution is 5.63. The fraction of sp³-hybridized carbons (Fsp3) is 0.263. The predicted molar refractivity (Wildman–Crippen MR) is 102 cm³/mol. The van der Waals surface area contributed by atoms with Crippen molar-refractivity contribution in [3.05, 3.63) is 52.5 Å². The van der Waals surface area contributed by atoms with Gasteiger partial charge in [0.15, 0.2) is 5.65 Å². The molecule has 4 rings (SSSR count). The summed E-state index contributed by atoms with van der Waals surface area (Å²) in [7, 11) is 5.98. The number of anilines is 1. The van der Waals surface area contributed by atoms with Crippen molar-refractivity contribution in [1.29, 1.82) is 0 Å². The van der Waals surface area contributed by atoms with Crippen LogP contribution in [0.2, 0.25) is 0 Å². The first-order valence-corrected chi connectivity index (χ1v) is 8.46. The Hall–Kier alpha value is -3.22. The lowest BCUT2D eigenvalue weighted by Gasteiger charge is -2.11. The summed E-state index contributed by atoms with van der Waals surface area (Å²) in [6, 6.07) is 10.4. The van der Waals surface area contributed by atoms with E-state index in [9.17, 15) is 0 Å². The van der Waals surface area contributed by atoms with Crippen molar-refractivity contribution < 1.29 is 0 Å². The van der Waals surface area contributed by atoms with Crippen LogP contribution >= 0.6 is 0 Å². The maximum atomic E-state index is 4.63. The Labute approximate surface area is 151 Å². The molecule has 4 aromatic rings. The molecule has 0 amide bonds. The van der Waals surface area contributed by atoms with E-state index >= 15 is 0 Å². The van der Waals surface area contributed by atoms with E-state index in [0.29, 0.717) is 5.82 Å². The van der Waals surface area contributed by atoms with Gasteiger partial charge in [0.05, 0.1) is 5.69 Å². The Kier molecular flexibility index (Phi) is 3.72. The highest BCUT2D eigenvalue weighted by Crippen LogP contribution is 2.17. The van der Waals surface area contributed by atoms with E-state index in [1.807, 2.05) is 45.7 Å². The summed E-state index contributed by atoms with van der Waals surface area (Å²) >= 11 is 0. The summed E-state index contributed by atoms with van der Waals surface area (Å²) in [4.78, 5) is 2.08. The van der Waals surface area contributed by atoms with E-state index in [4.69, 9.17) is 0 Å². The standard InChI is InChI=1S/C19H21N7/c1-12-10-17(23-25(12)5)19-21-20-18-16(13(2)22-26(18)19)11-14-6-8-15(9-7-14)24(3)4/h6-11H,1-5H3/b16-11+. The number of benzene rings is 1. The molecule has 0 bridgehead atoms. The van der Waals surface area contributed by atoms with Gasteiger partial charge in [0.1, 0.15) is 5.69 Å². The second-order valence-corrected chi connectivity index (χ2v) is 6.68. The summed E-state index contributed by atoms with van der Waals surface area (Å²) in [6.07, 6.45) is 2.10. The van der Waals surface area contributed by atoms with Crippen LogP contribution in [0, 0.1) is 13.8 Å². The molecule has 1 aromatic carbocycles. The first kappa shape index (κ1) is 16.3. The zero-order chi connectivity index (χ0) is 18.4. The van der Waals surface area contributed by atoms with Crippen molar-refractivity contribution in [3.8, 4) is 11.5 Å². The minimum atomic E-state index is 0.661. The molecule has 0 radical (unpaired) electrons. The predicted octanol–water partition coefficient (Wildman–Crippen LogP) is 1.76. The number of hydrogen-bond donors (Lipinski definition) is 0. The number of hydrogen-bond acceptors (Lipinski definition) is 5. The van der Waals surface area contributed by atoms with Crippen LogP contribution in [-0.2, 0) is 7.05 Å². The van der Waals surface area contributed by atoms with Gasteiger partial charge in [-0.25, -0.2) is 0 Å². The lowest BCUT2D eigenvalue weighted by Crippen LogP contribution is -2.08. The van der Waals surface area contributed by atoms with Crippen LogP contribution < -0.4 is 10.1 Å². The Morgan fingerprint density at radius 3 is 2.35 bits per heavy atom. The molecule has 0 N–H and O–H groups in total. The van der Waals surface area contributed by atoms with Crippen LogP contribution in [0.15, 0.2) is 30.3 Å². The molecule has 132 valence electrons. The third-order valence-electron chi connectivity index (χ3n) is 4.58. The van der Waals surface area contributed by atoms with E-state index < -0.39 is 0 Å². The van der Waals surface area contributed by atoms with E-state index in [0.717, 1.165) is 33.5 Å².